The lowest BCUT2D eigenvalue weighted by molar-refractivity contribution is -0.870. The number of carbonyl (C=O) groups excluding carboxylic acids is 1. The second-order valence-electron chi connectivity index (χ2n) is 17.5. The van der Waals surface area contributed by atoms with Crippen molar-refractivity contribution in [1.29, 1.82) is 0 Å². The standard InChI is InChI=1S/C47H94NO7P/c1-6-8-10-12-14-16-18-19-20-21-22-23-24-25-26-27-28-29-30-32-34-36-38-40-47(49)55-46(45-54-56(50,51)53-43-41-48(3,4)5)44-52-42-39-37-35-33-31-17-15-13-11-9-7-2/h11,13,46H,6-10,12,14-45H2,1-5H3/b13-11-. The summed E-state index contributed by atoms with van der Waals surface area (Å²) in [5, 5.41) is 0. The van der Waals surface area contributed by atoms with Crippen molar-refractivity contribution in [3.63, 3.8) is 0 Å². The van der Waals surface area contributed by atoms with Crippen molar-refractivity contribution in [2.45, 2.75) is 232 Å². The SMILES string of the molecule is CCC/C=C\CCCCCCCCOCC(COP(=O)([O-])OCC[N+](C)(C)C)OC(=O)CCCCCCCCCCCCCCCCCCCCCCCCC. The minimum Gasteiger partial charge on any atom is -0.756 e. The molecule has 0 aromatic rings. The van der Waals surface area contributed by atoms with Crippen LogP contribution in [-0.4, -0.2) is 70.7 Å². The molecule has 0 aromatic heterocycles. The molecule has 2 atom stereocenters. The van der Waals surface area contributed by atoms with Gasteiger partial charge in [0.15, 0.2) is 0 Å². The van der Waals surface area contributed by atoms with Gasteiger partial charge in [0.25, 0.3) is 7.82 Å². The third-order valence-electron chi connectivity index (χ3n) is 10.5. The molecular weight excluding hydrogens is 721 g/mol. The third-order valence-corrected chi connectivity index (χ3v) is 11.5. The summed E-state index contributed by atoms with van der Waals surface area (Å²) >= 11 is 0. The monoisotopic (exact) mass is 816 g/mol. The number of likely N-dealkylation sites (N-methyl/N-ethyl adjacent to an activating group) is 1. The van der Waals surface area contributed by atoms with Crippen molar-refractivity contribution in [1.82, 2.24) is 0 Å². The van der Waals surface area contributed by atoms with E-state index < -0.39 is 13.9 Å². The molecule has 9 heteroatoms. The van der Waals surface area contributed by atoms with E-state index >= 15 is 0 Å². The van der Waals surface area contributed by atoms with E-state index in [9.17, 15) is 14.3 Å². The fourth-order valence-corrected chi connectivity index (χ4v) is 7.57. The molecule has 0 aromatic carbocycles. The van der Waals surface area contributed by atoms with E-state index in [1.807, 2.05) is 21.1 Å². The smallest absolute Gasteiger partial charge is 0.306 e. The Hall–Kier alpha value is -0.760. The average Bonchev–Trinajstić information content (AvgIpc) is 3.15. The van der Waals surface area contributed by atoms with E-state index in [-0.39, 0.29) is 25.8 Å². The van der Waals surface area contributed by atoms with Gasteiger partial charge in [-0.1, -0.05) is 199 Å². The molecular formula is C47H94NO7P. The number of nitrogens with zero attached hydrogens (tertiary/aromatic N) is 1. The van der Waals surface area contributed by atoms with E-state index in [0.717, 1.165) is 32.1 Å². The predicted octanol–water partition coefficient (Wildman–Crippen LogP) is 13.6. The first-order valence-corrected chi connectivity index (χ1v) is 25.4. The molecule has 0 aliphatic heterocycles. The average molecular weight is 816 g/mol. The van der Waals surface area contributed by atoms with Gasteiger partial charge in [0, 0.05) is 13.0 Å². The molecule has 8 nitrogen and oxygen atoms in total. The highest BCUT2D eigenvalue weighted by atomic mass is 31.2. The number of esters is 1. The number of quaternary nitrogens is 1. The quantitative estimate of drug-likeness (QED) is 0.0199. The van der Waals surface area contributed by atoms with Gasteiger partial charge < -0.3 is 27.9 Å². The Kier molecular flexibility index (Phi) is 40.4. The number of phosphoric acid groups is 1. The highest BCUT2D eigenvalue weighted by Gasteiger charge is 2.20. The zero-order chi connectivity index (χ0) is 41.3. The van der Waals surface area contributed by atoms with Gasteiger partial charge in [-0.15, -0.1) is 0 Å². The van der Waals surface area contributed by atoms with Gasteiger partial charge in [0.2, 0.25) is 0 Å². The normalized spacial score (nSPS) is 13.8. The summed E-state index contributed by atoms with van der Waals surface area (Å²) in [5.41, 5.74) is 0. The minimum absolute atomic E-state index is 0.0281. The Morgan fingerprint density at radius 2 is 0.964 bits per heavy atom. The van der Waals surface area contributed by atoms with Crippen LogP contribution in [0.3, 0.4) is 0 Å². The van der Waals surface area contributed by atoms with E-state index in [1.165, 1.54) is 173 Å². The minimum atomic E-state index is -4.52. The van der Waals surface area contributed by atoms with Gasteiger partial charge in [0.05, 0.1) is 34.4 Å². The number of unbranched alkanes of at least 4 members (excludes halogenated alkanes) is 29. The summed E-state index contributed by atoms with van der Waals surface area (Å²) in [6, 6.07) is 0. The summed E-state index contributed by atoms with van der Waals surface area (Å²) in [4.78, 5) is 25.1. The molecule has 0 heterocycles. The van der Waals surface area contributed by atoms with E-state index in [0.29, 0.717) is 24.1 Å². The number of hydrogen-bond donors (Lipinski definition) is 0. The van der Waals surface area contributed by atoms with Gasteiger partial charge in [0.1, 0.15) is 19.3 Å². The van der Waals surface area contributed by atoms with Crippen LogP contribution in [0, 0.1) is 0 Å². The number of carbonyl (C=O) groups is 1. The Morgan fingerprint density at radius 3 is 1.43 bits per heavy atom. The molecule has 0 N–H and O–H groups in total. The predicted molar refractivity (Wildman–Crippen MR) is 236 cm³/mol. The molecule has 0 radical (unpaired) electrons. The second kappa shape index (κ2) is 41.0. The van der Waals surface area contributed by atoms with Crippen molar-refractivity contribution in [3.05, 3.63) is 12.2 Å². The summed E-state index contributed by atoms with van der Waals surface area (Å²) in [6.07, 6.45) is 45.2. The van der Waals surface area contributed by atoms with Crippen LogP contribution in [0.25, 0.3) is 0 Å². The maximum Gasteiger partial charge on any atom is 0.306 e. The second-order valence-corrected chi connectivity index (χ2v) is 18.9. The lowest BCUT2D eigenvalue weighted by Gasteiger charge is -2.28. The Labute approximate surface area is 348 Å². The third kappa shape index (κ3) is 44.3. The molecule has 0 rings (SSSR count). The number of allylic oxidation sites excluding steroid dienone is 2. The molecule has 0 aliphatic rings. The van der Waals surface area contributed by atoms with Crippen LogP contribution in [0.1, 0.15) is 226 Å². The first-order chi connectivity index (χ1) is 27.1. The lowest BCUT2D eigenvalue weighted by Crippen LogP contribution is -2.37. The van der Waals surface area contributed by atoms with Crippen LogP contribution in [0.2, 0.25) is 0 Å². The zero-order valence-corrected chi connectivity index (χ0v) is 38.7. The number of hydrogen-bond acceptors (Lipinski definition) is 7. The molecule has 0 amide bonds. The van der Waals surface area contributed by atoms with Gasteiger partial charge in [-0.2, -0.15) is 0 Å². The Bertz CT molecular complexity index is 909. The summed E-state index contributed by atoms with van der Waals surface area (Å²) < 4.78 is 34.6. The van der Waals surface area contributed by atoms with Crippen LogP contribution in [0.15, 0.2) is 12.2 Å². The van der Waals surface area contributed by atoms with Crippen LogP contribution in [0.5, 0.6) is 0 Å². The maximum absolute atomic E-state index is 12.7. The van der Waals surface area contributed by atoms with E-state index in [2.05, 4.69) is 26.0 Å². The highest BCUT2D eigenvalue weighted by Crippen LogP contribution is 2.38. The van der Waals surface area contributed by atoms with Crippen LogP contribution >= 0.6 is 7.82 Å². The molecule has 334 valence electrons. The van der Waals surface area contributed by atoms with Gasteiger partial charge in [-0.05, 0) is 32.1 Å². The van der Waals surface area contributed by atoms with Crippen molar-refractivity contribution < 1.29 is 37.3 Å². The fourth-order valence-electron chi connectivity index (χ4n) is 6.84. The van der Waals surface area contributed by atoms with Crippen LogP contribution in [0.4, 0.5) is 0 Å². The van der Waals surface area contributed by atoms with Crippen molar-refractivity contribution in [2.24, 2.45) is 0 Å². The maximum atomic E-state index is 12.7. The molecule has 0 fully saturated rings. The number of phosphoric ester groups is 1. The van der Waals surface area contributed by atoms with Crippen molar-refractivity contribution in [3.8, 4) is 0 Å². The van der Waals surface area contributed by atoms with Gasteiger partial charge >= 0.3 is 5.97 Å². The van der Waals surface area contributed by atoms with E-state index in [4.69, 9.17) is 18.5 Å². The first-order valence-electron chi connectivity index (χ1n) is 23.9. The highest BCUT2D eigenvalue weighted by molar-refractivity contribution is 7.45. The molecule has 0 spiro atoms. The molecule has 2 unspecified atom stereocenters. The largest absolute Gasteiger partial charge is 0.756 e. The topological polar surface area (TPSA) is 94.1 Å². The molecule has 0 saturated heterocycles. The van der Waals surface area contributed by atoms with Crippen molar-refractivity contribution >= 4 is 13.8 Å². The Morgan fingerprint density at radius 1 is 0.536 bits per heavy atom. The van der Waals surface area contributed by atoms with Gasteiger partial charge in [-0.25, -0.2) is 0 Å². The number of rotatable bonds is 45. The summed E-state index contributed by atoms with van der Waals surface area (Å²) in [6.45, 7) is 5.39. The number of ether oxygens (including phenoxy) is 2. The molecule has 0 aliphatic carbocycles. The first kappa shape index (κ1) is 55.2. The van der Waals surface area contributed by atoms with Crippen molar-refractivity contribution in [2.75, 3.05) is 54.1 Å². The molecule has 56 heavy (non-hydrogen) atoms. The van der Waals surface area contributed by atoms with Gasteiger partial charge in [-0.3, -0.25) is 9.36 Å². The molecule has 0 saturated carbocycles. The van der Waals surface area contributed by atoms with Crippen LogP contribution < -0.4 is 4.89 Å². The summed E-state index contributed by atoms with van der Waals surface area (Å²) in [5.74, 6) is -0.332. The fraction of sp³-hybridized carbons (Fsp3) is 0.936. The van der Waals surface area contributed by atoms with E-state index in [1.54, 1.807) is 0 Å². The molecule has 0 bridgehead atoms. The Balaban J connectivity index is 4.04. The van der Waals surface area contributed by atoms with Crippen LogP contribution in [-0.2, 0) is 27.9 Å². The lowest BCUT2D eigenvalue weighted by atomic mass is 10.0. The summed E-state index contributed by atoms with van der Waals surface area (Å²) in [7, 11) is 1.36. The zero-order valence-electron chi connectivity index (χ0n) is 37.9.